The van der Waals surface area contributed by atoms with Crippen molar-refractivity contribution in [2.45, 2.75) is 69.5 Å². The standard InChI is InChI=1S/C27H34O7/c28-13-5-1-2-6-20(29)16-21(30)11-9-18(19-10-12-24(31)26(33)15-19)14-22-17-25(32)23-7-3-4-8-27(23)34-22/h3-4,7-8,10,12,15,17-18,20-21,28-31,33H,1-2,5-6,9,11,13-14,16H2. The molecule has 0 spiro atoms. The Kier molecular flexibility index (Phi) is 9.51. The van der Waals surface area contributed by atoms with Gasteiger partial charge >= 0.3 is 0 Å². The lowest BCUT2D eigenvalue weighted by Crippen LogP contribution is -2.19. The highest BCUT2D eigenvalue weighted by Crippen LogP contribution is 2.33. The Hall–Kier alpha value is -2.87. The summed E-state index contributed by atoms with van der Waals surface area (Å²) in [7, 11) is 0. The minimum absolute atomic E-state index is 0.131. The molecule has 3 unspecified atom stereocenters. The van der Waals surface area contributed by atoms with Gasteiger partial charge in [0, 0.05) is 19.1 Å². The van der Waals surface area contributed by atoms with Crippen LogP contribution in [0.3, 0.4) is 0 Å². The summed E-state index contributed by atoms with van der Waals surface area (Å²) in [6.07, 6.45) is 3.19. The number of benzene rings is 2. The minimum atomic E-state index is -0.704. The van der Waals surface area contributed by atoms with Gasteiger partial charge in [-0.3, -0.25) is 4.79 Å². The third-order valence-corrected chi connectivity index (χ3v) is 6.19. The van der Waals surface area contributed by atoms with Crippen LogP contribution < -0.4 is 5.43 Å². The molecule has 0 saturated heterocycles. The zero-order chi connectivity index (χ0) is 24.5. The Labute approximate surface area is 198 Å². The number of unbranched alkanes of at least 4 members (excludes halogenated alkanes) is 2. The molecule has 0 aliphatic heterocycles. The molecule has 34 heavy (non-hydrogen) atoms. The fraction of sp³-hybridized carbons (Fsp3) is 0.444. The molecule has 0 aliphatic rings. The average Bonchev–Trinajstić information content (AvgIpc) is 2.81. The van der Waals surface area contributed by atoms with Crippen molar-refractivity contribution in [1.29, 1.82) is 0 Å². The molecule has 3 atom stereocenters. The van der Waals surface area contributed by atoms with Crippen LogP contribution in [0, 0.1) is 0 Å². The van der Waals surface area contributed by atoms with Crippen LogP contribution >= 0.6 is 0 Å². The van der Waals surface area contributed by atoms with Crippen LogP contribution in [0.5, 0.6) is 11.5 Å². The average molecular weight is 471 g/mol. The van der Waals surface area contributed by atoms with Crippen LogP contribution in [0.15, 0.2) is 57.7 Å². The molecule has 184 valence electrons. The number of phenols is 2. The molecule has 0 radical (unpaired) electrons. The van der Waals surface area contributed by atoms with Crippen LogP contribution in [0.2, 0.25) is 0 Å². The van der Waals surface area contributed by atoms with E-state index in [9.17, 15) is 25.2 Å². The summed E-state index contributed by atoms with van der Waals surface area (Å²) in [6.45, 7) is 0.143. The van der Waals surface area contributed by atoms with E-state index >= 15 is 0 Å². The van der Waals surface area contributed by atoms with Crippen molar-refractivity contribution in [3.05, 3.63) is 70.1 Å². The molecule has 0 amide bonds. The lowest BCUT2D eigenvalue weighted by atomic mass is 9.88. The first-order chi connectivity index (χ1) is 16.4. The smallest absolute Gasteiger partial charge is 0.192 e. The summed E-state index contributed by atoms with van der Waals surface area (Å²) in [4.78, 5) is 12.5. The largest absolute Gasteiger partial charge is 0.504 e. The first kappa shape index (κ1) is 25.7. The highest BCUT2D eigenvalue weighted by atomic mass is 16.3. The molecule has 0 aliphatic carbocycles. The quantitative estimate of drug-likeness (QED) is 0.189. The van der Waals surface area contributed by atoms with E-state index in [1.807, 2.05) is 0 Å². The molecule has 0 saturated carbocycles. The van der Waals surface area contributed by atoms with Crippen LogP contribution in [-0.2, 0) is 6.42 Å². The van der Waals surface area contributed by atoms with Crippen molar-refractivity contribution in [3.8, 4) is 11.5 Å². The van der Waals surface area contributed by atoms with Gasteiger partial charge in [0.25, 0.3) is 0 Å². The molecule has 3 aromatic rings. The van der Waals surface area contributed by atoms with Crippen molar-refractivity contribution in [2.75, 3.05) is 6.61 Å². The summed E-state index contributed by atoms with van der Waals surface area (Å²) in [5, 5.41) is 49.8. The van der Waals surface area contributed by atoms with Gasteiger partial charge in [-0.2, -0.15) is 0 Å². The van der Waals surface area contributed by atoms with Crippen LogP contribution in [0.4, 0.5) is 0 Å². The van der Waals surface area contributed by atoms with E-state index in [0.29, 0.717) is 48.8 Å². The van der Waals surface area contributed by atoms with Gasteiger partial charge in [-0.1, -0.05) is 31.0 Å². The van der Waals surface area contributed by atoms with E-state index in [0.717, 1.165) is 18.4 Å². The Morgan fingerprint density at radius 3 is 2.35 bits per heavy atom. The predicted octanol–water partition coefficient (Wildman–Crippen LogP) is 3.98. The van der Waals surface area contributed by atoms with E-state index < -0.39 is 12.2 Å². The van der Waals surface area contributed by atoms with Crippen molar-refractivity contribution < 1.29 is 29.9 Å². The number of hydrogen-bond donors (Lipinski definition) is 5. The normalized spacial score (nSPS) is 14.2. The fourth-order valence-electron chi connectivity index (χ4n) is 4.29. The van der Waals surface area contributed by atoms with Crippen molar-refractivity contribution >= 4 is 11.0 Å². The maximum atomic E-state index is 12.5. The third-order valence-electron chi connectivity index (χ3n) is 6.19. The van der Waals surface area contributed by atoms with Gasteiger partial charge in [0.05, 0.1) is 17.6 Å². The molecule has 3 rings (SSSR count). The Bertz CT molecular complexity index is 1110. The lowest BCUT2D eigenvalue weighted by molar-refractivity contribution is 0.0670. The summed E-state index contributed by atoms with van der Waals surface area (Å²) in [5.41, 5.74) is 1.12. The summed E-state index contributed by atoms with van der Waals surface area (Å²) in [6, 6.07) is 13.1. The maximum absolute atomic E-state index is 12.5. The van der Waals surface area contributed by atoms with E-state index in [1.165, 1.54) is 18.2 Å². The number of aromatic hydroxyl groups is 2. The number of phenolic OH excluding ortho intramolecular Hbond substituents is 2. The zero-order valence-corrected chi connectivity index (χ0v) is 19.3. The molecule has 2 aromatic carbocycles. The lowest BCUT2D eigenvalue weighted by Gasteiger charge is -2.21. The van der Waals surface area contributed by atoms with Gasteiger partial charge in [0.2, 0.25) is 0 Å². The first-order valence-electron chi connectivity index (χ1n) is 11.9. The Morgan fingerprint density at radius 2 is 1.59 bits per heavy atom. The van der Waals surface area contributed by atoms with Gasteiger partial charge in [0.1, 0.15) is 11.3 Å². The summed E-state index contributed by atoms with van der Waals surface area (Å²) >= 11 is 0. The summed E-state index contributed by atoms with van der Waals surface area (Å²) < 4.78 is 5.95. The second kappa shape index (κ2) is 12.6. The first-order valence-corrected chi connectivity index (χ1v) is 11.9. The molecule has 0 bridgehead atoms. The highest BCUT2D eigenvalue weighted by Gasteiger charge is 2.20. The molecule has 1 heterocycles. The van der Waals surface area contributed by atoms with Gasteiger partial charge in [-0.15, -0.1) is 0 Å². The predicted molar refractivity (Wildman–Crippen MR) is 130 cm³/mol. The third kappa shape index (κ3) is 7.32. The van der Waals surface area contributed by atoms with Gasteiger partial charge in [-0.25, -0.2) is 0 Å². The van der Waals surface area contributed by atoms with Gasteiger partial charge in [-0.05, 0) is 67.9 Å². The van der Waals surface area contributed by atoms with Crippen molar-refractivity contribution in [3.63, 3.8) is 0 Å². The van der Waals surface area contributed by atoms with Crippen molar-refractivity contribution in [1.82, 2.24) is 0 Å². The molecule has 0 fully saturated rings. The number of hydrogen-bond acceptors (Lipinski definition) is 7. The molecule has 5 N–H and O–H groups in total. The molecule has 7 nitrogen and oxygen atoms in total. The maximum Gasteiger partial charge on any atom is 0.192 e. The minimum Gasteiger partial charge on any atom is -0.504 e. The molecule has 1 aromatic heterocycles. The number of para-hydroxylation sites is 1. The summed E-state index contributed by atoms with van der Waals surface area (Å²) in [5.74, 6) is -0.141. The van der Waals surface area contributed by atoms with Crippen LogP contribution in [0.25, 0.3) is 11.0 Å². The van der Waals surface area contributed by atoms with Crippen LogP contribution in [0.1, 0.15) is 62.2 Å². The van der Waals surface area contributed by atoms with E-state index in [4.69, 9.17) is 9.52 Å². The number of rotatable bonds is 13. The molecular weight excluding hydrogens is 436 g/mol. The van der Waals surface area contributed by atoms with E-state index in [2.05, 4.69) is 0 Å². The van der Waals surface area contributed by atoms with E-state index in [1.54, 1.807) is 30.3 Å². The van der Waals surface area contributed by atoms with Crippen molar-refractivity contribution in [2.24, 2.45) is 0 Å². The topological polar surface area (TPSA) is 131 Å². The number of aliphatic hydroxyl groups excluding tert-OH is 3. The zero-order valence-electron chi connectivity index (χ0n) is 19.3. The second-order valence-electron chi connectivity index (χ2n) is 8.92. The Balaban J connectivity index is 1.70. The Morgan fingerprint density at radius 1 is 0.824 bits per heavy atom. The SMILES string of the molecule is O=c1cc(CC(CCC(O)CC(O)CCCCCO)c2ccc(O)c(O)c2)oc2ccccc12. The number of aliphatic hydroxyl groups is 3. The number of fused-ring (bicyclic) bond motifs is 1. The molecule has 7 heteroatoms. The fourth-order valence-corrected chi connectivity index (χ4v) is 4.29. The second-order valence-corrected chi connectivity index (χ2v) is 8.92. The van der Waals surface area contributed by atoms with Gasteiger partial charge in [0.15, 0.2) is 16.9 Å². The molecular formula is C27H34O7. The highest BCUT2D eigenvalue weighted by molar-refractivity contribution is 5.76. The monoisotopic (exact) mass is 470 g/mol. The van der Waals surface area contributed by atoms with Gasteiger partial charge < -0.3 is 29.9 Å². The van der Waals surface area contributed by atoms with Crippen LogP contribution in [-0.4, -0.2) is 44.3 Å². The van der Waals surface area contributed by atoms with E-state index in [-0.39, 0.29) is 35.9 Å².